The molecule has 0 aromatic heterocycles. The van der Waals surface area contributed by atoms with Crippen LogP contribution in [0.2, 0.25) is 0 Å². The van der Waals surface area contributed by atoms with Gasteiger partial charge in [-0.3, -0.25) is 14.4 Å². The Labute approximate surface area is 137 Å². The molecule has 0 saturated carbocycles. The monoisotopic (exact) mass is 346 g/mol. The highest BCUT2D eigenvalue weighted by Crippen LogP contribution is 2.18. The topological polar surface area (TPSA) is 182 Å². The van der Waals surface area contributed by atoms with Crippen molar-refractivity contribution in [2.45, 2.75) is 31.0 Å². The molecule has 1 saturated heterocycles. The van der Waals surface area contributed by atoms with E-state index in [0.717, 1.165) is 0 Å². The molecular weight excluding hydrogens is 324 g/mol. The number of carbonyl (C=O) groups excluding carboxylic acids is 3. The van der Waals surface area contributed by atoms with Crippen molar-refractivity contribution < 1.29 is 34.5 Å². The van der Waals surface area contributed by atoms with Crippen LogP contribution in [0, 0.1) is 0 Å². The lowest BCUT2D eigenvalue weighted by molar-refractivity contribution is -0.145. The van der Waals surface area contributed by atoms with Gasteiger partial charge >= 0.3 is 5.97 Å². The molecule has 1 rings (SSSR count). The maximum atomic E-state index is 12.4. The molecule has 0 bridgehead atoms. The summed E-state index contributed by atoms with van der Waals surface area (Å²) in [6.45, 7) is -1.58. The van der Waals surface area contributed by atoms with Crippen molar-refractivity contribution in [3.8, 4) is 0 Å². The van der Waals surface area contributed by atoms with Gasteiger partial charge in [0.2, 0.25) is 17.7 Å². The quantitative estimate of drug-likeness (QED) is 0.257. The molecule has 7 N–H and O–H groups in total. The summed E-state index contributed by atoms with van der Waals surface area (Å²) < 4.78 is 0. The number of nitrogens with one attached hydrogen (secondary N) is 2. The first-order chi connectivity index (χ1) is 11.3. The van der Waals surface area contributed by atoms with E-state index in [-0.39, 0.29) is 13.1 Å². The average molecular weight is 346 g/mol. The molecule has 0 aliphatic carbocycles. The van der Waals surface area contributed by atoms with Crippen LogP contribution in [0.3, 0.4) is 0 Å². The van der Waals surface area contributed by atoms with Crippen LogP contribution in [-0.2, 0) is 19.2 Å². The number of carboxylic acid groups (broad SMARTS) is 1. The van der Waals surface area contributed by atoms with Crippen LogP contribution in [-0.4, -0.2) is 88.3 Å². The molecule has 0 spiro atoms. The summed E-state index contributed by atoms with van der Waals surface area (Å²) in [5.74, 6) is -3.41. The van der Waals surface area contributed by atoms with Crippen molar-refractivity contribution in [1.29, 1.82) is 0 Å². The van der Waals surface area contributed by atoms with Crippen LogP contribution in [0.4, 0.5) is 0 Å². The van der Waals surface area contributed by atoms with Gasteiger partial charge in [0.05, 0.1) is 19.8 Å². The highest BCUT2D eigenvalue weighted by Gasteiger charge is 2.38. The Bertz CT molecular complexity index is 499. The minimum absolute atomic E-state index is 0.225. The fraction of sp³-hybridized carbons (Fsp3) is 0.692. The normalized spacial score (nSPS) is 19.5. The third kappa shape index (κ3) is 4.88. The molecule has 136 valence electrons. The van der Waals surface area contributed by atoms with Gasteiger partial charge in [0, 0.05) is 6.54 Å². The summed E-state index contributed by atoms with van der Waals surface area (Å²) >= 11 is 0. The number of hydrogen-bond donors (Lipinski definition) is 6. The van der Waals surface area contributed by atoms with Crippen LogP contribution >= 0.6 is 0 Å². The predicted octanol–water partition coefficient (Wildman–Crippen LogP) is -4.03. The smallest absolute Gasteiger partial charge is 0.328 e. The van der Waals surface area contributed by atoms with E-state index < -0.39 is 55.0 Å². The Morgan fingerprint density at radius 2 is 1.75 bits per heavy atom. The Morgan fingerprint density at radius 3 is 2.25 bits per heavy atom. The molecule has 0 aromatic carbocycles. The van der Waals surface area contributed by atoms with Crippen molar-refractivity contribution in [3.05, 3.63) is 0 Å². The van der Waals surface area contributed by atoms with Crippen molar-refractivity contribution in [1.82, 2.24) is 15.5 Å². The Hall–Kier alpha value is -2.24. The molecule has 1 fully saturated rings. The molecule has 0 radical (unpaired) electrons. The summed E-state index contributed by atoms with van der Waals surface area (Å²) in [6, 6.07) is -3.64. The summed E-state index contributed by atoms with van der Waals surface area (Å²) in [4.78, 5) is 47.9. The number of rotatable bonds is 8. The Kier molecular flexibility index (Phi) is 7.55. The molecule has 1 aliphatic rings. The summed E-state index contributed by atoms with van der Waals surface area (Å²) in [5.41, 5.74) is 5.14. The van der Waals surface area contributed by atoms with Crippen molar-refractivity contribution >= 4 is 23.7 Å². The number of amides is 3. The molecule has 3 atom stereocenters. The molecule has 3 unspecified atom stereocenters. The van der Waals surface area contributed by atoms with Gasteiger partial charge in [0.25, 0.3) is 0 Å². The second kappa shape index (κ2) is 9.15. The van der Waals surface area contributed by atoms with Crippen LogP contribution in [0.5, 0.6) is 0 Å². The first-order valence-electron chi connectivity index (χ1n) is 7.40. The lowest BCUT2D eigenvalue weighted by Crippen LogP contribution is -2.57. The number of aliphatic carboxylic acids is 1. The second-order valence-electron chi connectivity index (χ2n) is 5.28. The maximum Gasteiger partial charge on any atom is 0.328 e. The standard InChI is InChI=1S/C13H22N4O7/c14-4-10(20)15-7(5-18)12(22)17-3-1-2-9(17)11(21)16-8(6-19)13(23)24/h7-9,18-19H,1-6,14H2,(H,15,20)(H,16,21)(H,23,24). The zero-order valence-electron chi connectivity index (χ0n) is 13.0. The first-order valence-corrected chi connectivity index (χ1v) is 7.40. The number of nitrogens with two attached hydrogens (primary N) is 1. The van der Waals surface area contributed by atoms with Gasteiger partial charge in [-0.05, 0) is 12.8 Å². The third-order valence-electron chi connectivity index (χ3n) is 3.64. The van der Waals surface area contributed by atoms with Gasteiger partial charge in [-0.25, -0.2) is 4.79 Å². The van der Waals surface area contributed by atoms with Crippen LogP contribution < -0.4 is 16.4 Å². The molecular formula is C13H22N4O7. The zero-order chi connectivity index (χ0) is 18.3. The number of likely N-dealkylation sites (tertiary alicyclic amines) is 1. The lowest BCUT2D eigenvalue weighted by Gasteiger charge is -2.28. The summed E-state index contributed by atoms with van der Waals surface area (Å²) in [6.07, 6.45) is 0.808. The minimum atomic E-state index is -1.47. The number of aliphatic hydroxyl groups excluding tert-OH is 2. The van der Waals surface area contributed by atoms with Crippen LogP contribution in [0.1, 0.15) is 12.8 Å². The van der Waals surface area contributed by atoms with E-state index in [2.05, 4.69) is 10.6 Å². The Balaban J connectivity index is 2.79. The van der Waals surface area contributed by atoms with E-state index in [1.165, 1.54) is 4.90 Å². The van der Waals surface area contributed by atoms with Gasteiger partial charge in [0.1, 0.15) is 18.1 Å². The van der Waals surface area contributed by atoms with Gasteiger partial charge in [-0.15, -0.1) is 0 Å². The van der Waals surface area contributed by atoms with Gasteiger partial charge in [0.15, 0.2) is 0 Å². The largest absolute Gasteiger partial charge is 0.480 e. The van der Waals surface area contributed by atoms with Gasteiger partial charge < -0.3 is 36.6 Å². The van der Waals surface area contributed by atoms with E-state index in [9.17, 15) is 24.3 Å². The zero-order valence-corrected chi connectivity index (χ0v) is 13.0. The molecule has 11 heteroatoms. The van der Waals surface area contributed by atoms with Crippen LogP contribution in [0.25, 0.3) is 0 Å². The fourth-order valence-electron chi connectivity index (χ4n) is 2.40. The van der Waals surface area contributed by atoms with Crippen LogP contribution in [0.15, 0.2) is 0 Å². The molecule has 1 aliphatic heterocycles. The number of aliphatic hydroxyl groups is 2. The summed E-state index contributed by atoms with van der Waals surface area (Å²) in [5, 5.41) is 31.5. The maximum absolute atomic E-state index is 12.4. The number of carbonyl (C=O) groups is 4. The van der Waals surface area contributed by atoms with Crippen molar-refractivity contribution in [2.24, 2.45) is 5.73 Å². The molecule has 24 heavy (non-hydrogen) atoms. The molecule has 0 aromatic rings. The van der Waals surface area contributed by atoms with Crippen molar-refractivity contribution in [3.63, 3.8) is 0 Å². The molecule has 11 nitrogen and oxygen atoms in total. The number of carboxylic acids is 1. The van der Waals surface area contributed by atoms with E-state index in [4.69, 9.17) is 15.9 Å². The number of hydrogen-bond acceptors (Lipinski definition) is 7. The van der Waals surface area contributed by atoms with E-state index in [1.807, 2.05) is 0 Å². The van der Waals surface area contributed by atoms with E-state index >= 15 is 0 Å². The first kappa shape index (κ1) is 19.8. The highest BCUT2D eigenvalue weighted by molar-refractivity contribution is 5.94. The van der Waals surface area contributed by atoms with Gasteiger partial charge in [-0.1, -0.05) is 0 Å². The fourth-order valence-corrected chi connectivity index (χ4v) is 2.40. The third-order valence-corrected chi connectivity index (χ3v) is 3.64. The lowest BCUT2D eigenvalue weighted by atomic mass is 10.1. The second-order valence-corrected chi connectivity index (χ2v) is 5.28. The summed E-state index contributed by atoms with van der Waals surface area (Å²) in [7, 11) is 0. The SMILES string of the molecule is NCC(=O)NC(CO)C(=O)N1CCCC1C(=O)NC(CO)C(=O)O. The Morgan fingerprint density at radius 1 is 1.12 bits per heavy atom. The van der Waals surface area contributed by atoms with Crippen molar-refractivity contribution in [2.75, 3.05) is 26.3 Å². The van der Waals surface area contributed by atoms with Gasteiger partial charge in [-0.2, -0.15) is 0 Å². The highest BCUT2D eigenvalue weighted by atomic mass is 16.4. The number of nitrogens with zero attached hydrogens (tertiary/aromatic N) is 1. The minimum Gasteiger partial charge on any atom is -0.480 e. The van der Waals surface area contributed by atoms with E-state index in [0.29, 0.717) is 12.8 Å². The average Bonchev–Trinajstić information content (AvgIpc) is 3.05. The molecule has 1 heterocycles. The molecule has 3 amide bonds. The predicted molar refractivity (Wildman–Crippen MR) is 79.5 cm³/mol. The van der Waals surface area contributed by atoms with E-state index in [1.54, 1.807) is 0 Å².